The van der Waals surface area contributed by atoms with Crippen LogP contribution in [0.1, 0.15) is 11.1 Å². The van der Waals surface area contributed by atoms with Crippen LogP contribution < -0.4 is 5.32 Å². The Morgan fingerprint density at radius 3 is 2.31 bits per heavy atom. The molecule has 0 unspecified atom stereocenters. The van der Waals surface area contributed by atoms with Gasteiger partial charge in [0.15, 0.2) is 0 Å². The van der Waals surface area contributed by atoms with Gasteiger partial charge in [0.05, 0.1) is 5.69 Å². The molecule has 0 atom stereocenters. The molecular weight excluding hydrogens is 287 g/mol. The van der Waals surface area contributed by atoms with Crippen molar-refractivity contribution in [1.82, 2.24) is 0 Å². The Bertz CT molecular complexity index is 406. The first kappa shape index (κ1) is 13.0. The molecule has 1 amide bonds. The number of carbonyl (C=O) groups is 1. The van der Waals surface area contributed by atoms with E-state index in [0.29, 0.717) is 10.0 Å². The fraction of sp³-hybridized carbons (Fsp3) is 0.300. The van der Waals surface area contributed by atoms with E-state index in [0.717, 1.165) is 5.56 Å². The fourth-order valence-corrected chi connectivity index (χ4v) is 2.03. The highest BCUT2D eigenvalue weighted by Crippen LogP contribution is 2.29. The molecular formula is C10H9BrF3NO. The third kappa shape index (κ3) is 2.98. The summed E-state index contributed by atoms with van der Waals surface area (Å²) in [4.78, 5) is 10.8. The van der Waals surface area contributed by atoms with Gasteiger partial charge in [-0.25, -0.2) is 0 Å². The quantitative estimate of drug-likeness (QED) is 0.843. The van der Waals surface area contributed by atoms with Crippen molar-refractivity contribution in [3.63, 3.8) is 0 Å². The Morgan fingerprint density at radius 2 is 1.88 bits per heavy atom. The van der Waals surface area contributed by atoms with Gasteiger partial charge in [-0.05, 0) is 47.0 Å². The lowest BCUT2D eigenvalue weighted by atomic mass is 10.1. The zero-order chi connectivity index (χ0) is 12.5. The number of hydrogen-bond acceptors (Lipinski definition) is 1. The fourth-order valence-electron chi connectivity index (χ4n) is 1.26. The lowest BCUT2D eigenvalue weighted by molar-refractivity contribution is -0.167. The van der Waals surface area contributed by atoms with Crippen molar-refractivity contribution < 1.29 is 18.0 Å². The largest absolute Gasteiger partial charge is 0.471 e. The number of carbonyl (C=O) groups excluding carboxylic acids is 1. The van der Waals surface area contributed by atoms with Gasteiger partial charge in [0.1, 0.15) is 0 Å². The second kappa shape index (κ2) is 4.45. The number of rotatable bonds is 1. The first-order valence-corrected chi connectivity index (χ1v) is 5.16. The maximum Gasteiger partial charge on any atom is 0.471 e. The predicted molar refractivity (Wildman–Crippen MR) is 58.3 cm³/mol. The van der Waals surface area contributed by atoms with E-state index in [9.17, 15) is 18.0 Å². The van der Waals surface area contributed by atoms with Gasteiger partial charge in [-0.15, -0.1) is 0 Å². The van der Waals surface area contributed by atoms with Crippen LogP contribution in [0.3, 0.4) is 0 Å². The third-order valence-electron chi connectivity index (χ3n) is 1.93. The SMILES string of the molecule is Cc1cc(C)c(NC(=O)C(F)(F)F)c(Br)c1. The van der Waals surface area contributed by atoms with E-state index < -0.39 is 12.1 Å². The summed E-state index contributed by atoms with van der Waals surface area (Å²) in [5.41, 5.74) is 1.62. The average Bonchev–Trinajstić information content (AvgIpc) is 2.08. The number of halogens is 4. The van der Waals surface area contributed by atoms with E-state index in [1.807, 2.05) is 12.2 Å². The third-order valence-corrected chi connectivity index (χ3v) is 2.55. The highest BCUT2D eigenvalue weighted by Gasteiger charge is 2.39. The summed E-state index contributed by atoms with van der Waals surface area (Å²) in [6.45, 7) is 3.44. The van der Waals surface area contributed by atoms with E-state index >= 15 is 0 Å². The average molecular weight is 296 g/mol. The van der Waals surface area contributed by atoms with Gasteiger partial charge in [-0.3, -0.25) is 4.79 Å². The van der Waals surface area contributed by atoms with Crippen LogP contribution >= 0.6 is 15.9 Å². The van der Waals surface area contributed by atoms with Crippen molar-refractivity contribution in [1.29, 1.82) is 0 Å². The molecule has 0 saturated carbocycles. The molecule has 1 aromatic carbocycles. The van der Waals surface area contributed by atoms with Gasteiger partial charge in [-0.2, -0.15) is 13.2 Å². The van der Waals surface area contributed by atoms with Crippen molar-refractivity contribution in [3.8, 4) is 0 Å². The number of hydrogen-bond donors (Lipinski definition) is 1. The van der Waals surface area contributed by atoms with E-state index in [2.05, 4.69) is 15.9 Å². The van der Waals surface area contributed by atoms with Crippen LogP contribution in [0.5, 0.6) is 0 Å². The minimum Gasteiger partial charge on any atom is -0.317 e. The van der Waals surface area contributed by atoms with Crippen LogP contribution in [-0.4, -0.2) is 12.1 Å². The summed E-state index contributed by atoms with van der Waals surface area (Å²) in [7, 11) is 0. The second-order valence-corrected chi connectivity index (χ2v) is 4.24. The molecule has 0 bridgehead atoms. The van der Waals surface area contributed by atoms with Crippen molar-refractivity contribution >= 4 is 27.5 Å². The van der Waals surface area contributed by atoms with Crippen molar-refractivity contribution in [2.75, 3.05) is 5.32 Å². The molecule has 0 fully saturated rings. The zero-order valence-corrected chi connectivity index (χ0v) is 10.2. The van der Waals surface area contributed by atoms with Crippen LogP contribution in [-0.2, 0) is 4.79 Å². The number of amides is 1. The molecule has 0 spiro atoms. The Kier molecular flexibility index (Phi) is 3.62. The van der Waals surface area contributed by atoms with Gasteiger partial charge in [0.2, 0.25) is 0 Å². The molecule has 16 heavy (non-hydrogen) atoms. The lowest BCUT2D eigenvalue weighted by Gasteiger charge is -2.12. The van der Waals surface area contributed by atoms with Crippen molar-refractivity contribution in [3.05, 3.63) is 27.7 Å². The Morgan fingerprint density at radius 1 is 1.31 bits per heavy atom. The van der Waals surface area contributed by atoms with Gasteiger partial charge in [0.25, 0.3) is 0 Å². The predicted octanol–water partition coefficient (Wildman–Crippen LogP) is 3.57. The first-order chi connectivity index (χ1) is 7.21. The summed E-state index contributed by atoms with van der Waals surface area (Å²) in [6.07, 6.45) is -4.88. The minimum atomic E-state index is -4.88. The molecule has 0 aliphatic carbocycles. The first-order valence-electron chi connectivity index (χ1n) is 4.36. The summed E-state index contributed by atoms with van der Waals surface area (Å²) in [6, 6.07) is 3.33. The van der Waals surface area contributed by atoms with E-state index in [-0.39, 0.29) is 5.69 Å². The van der Waals surface area contributed by atoms with E-state index in [1.165, 1.54) is 0 Å². The molecule has 1 rings (SSSR count). The molecule has 0 aromatic heterocycles. The number of alkyl halides is 3. The topological polar surface area (TPSA) is 29.1 Å². The standard InChI is InChI=1S/C10H9BrF3NO/c1-5-3-6(2)8(7(11)4-5)15-9(16)10(12,13)14/h3-4H,1-2H3,(H,15,16). The number of nitrogens with one attached hydrogen (secondary N) is 1. The highest BCUT2D eigenvalue weighted by molar-refractivity contribution is 9.10. The van der Waals surface area contributed by atoms with Gasteiger partial charge in [-0.1, -0.05) is 6.07 Å². The number of anilines is 1. The van der Waals surface area contributed by atoms with E-state index in [4.69, 9.17) is 0 Å². The van der Waals surface area contributed by atoms with Gasteiger partial charge >= 0.3 is 12.1 Å². The summed E-state index contributed by atoms with van der Waals surface area (Å²) >= 11 is 3.11. The Hall–Kier alpha value is -1.04. The molecule has 1 N–H and O–H groups in total. The maximum atomic E-state index is 12.1. The van der Waals surface area contributed by atoms with Crippen LogP contribution in [0.4, 0.5) is 18.9 Å². The van der Waals surface area contributed by atoms with Crippen LogP contribution in [0, 0.1) is 13.8 Å². The minimum absolute atomic E-state index is 0.146. The van der Waals surface area contributed by atoms with Crippen molar-refractivity contribution in [2.24, 2.45) is 0 Å². The molecule has 1 aromatic rings. The maximum absolute atomic E-state index is 12.1. The lowest BCUT2D eigenvalue weighted by Crippen LogP contribution is -2.30. The second-order valence-electron chi connectivity index (χ2n) is 3.39. The van der Waals surface area contributed by atoms with Gasteiger partial charge in [0, 0.05) is 4.47 Å². The molecule has 2 nitrogen and oxygen atoms in total. The normalized spacial score (nSPS) is 11.4. The highest BCUT2D eigenvalue weighted by atomic mass is 79.9. The van der Waals surface area contributed by atoms with Crippen molar-refractivity contribution in [2.45, 2.75) is 20.0 Å². The van der Waals surface area contributed by atoms with E-state index in [1.54, 1.807) is 19.1 Å². The number of benzene rings is 1. The summed E-state index contributed by atoms with van der Waals surface area (Å²) in [5.74, 6) is -1.97. The molecule has 6 heteroatoms. The molecule has 0 heterocycles. The zero-order valence-electron chi connectivity index (χ0n) is 8.57. The summed E-state index contributed by atoms with van der Waals surface area (Å²) < 4.78 is 36.6. The molecule has 0 saturated heterocycles. The molecule has 88 valence electrons. The number of aryl methyl sites for hydroxylation is 2. The Balaban J connectivity index is 3.03. The van der Waals surface area contributed by atoms with Crippen LogP contribution in [0.25, 0.3) is 0 Å². The molecule has 0 aliphatic heterocycles. The molecule has 0 radical (unpaired) electrons. The Labute approximate surface area is 99.0 Å². The summed E-state index contributed by atoms with van der Waals surface area (Å²) in [5, 5.41) is 1.83. The van der Waals surface area contributed by atoms with Crippen LogP contribution in [0.15, 0.2) is 16.6 Å². The molecule has 0 aliphatic rings. The smallest absolute Gasteiger partial charge is 0.317 e. The monoisotopic (exact) mass is 295 g/mol. The van der Waals surface area contributed by atoms with Crippen LogP contribution in [0.2, 0.25) is 0 Å². The van der Waals surface area contributed by atoms with Gasteiger partial charge < -0.3 is 5.32 Å².